The molecule has 10 nitrogen and oxygen atoms in total. The molecule has 6 atom stereocenters. The SMILES string of the molecule is CC1(C)[C@H]2CC3OB([C@@H]4CCCN4C(=O)CN(C(=O)OCc4ccccc4)[C@@H]4CCN(C(=O)OCc5ccccc5)C4)O[C@@]3(C)[C@@H]1C2. The lowest BCUT2D eigenvalue weighted by atomic mass is 9.43. The summed E-state index contributed by atoms with van der Waals surface area (Å²) in [5.41, 5.74) is 1.64. The lowest BCUT2D eigenvalue weighted by Crippen LogP contribution is -2.65. The maximum absolute atomic E-state index is 14.1. The number of hydrogen-bond donors (Lipinski definition) is 0. The van der Waals surface area contributed by atoms with Crippen molar-refractivity contribution in [3.8, 4) is 0 Å². The highest BCUT2D eigenvalue weighted by molar-refractivity contribution is 6.48. The zero-order valence-corrected chi connectivity index (χ0v) is 27.7. The molecular formula is C36H46BN3O7. The van der Waals surface area contributed by atoms with Gasteiger partial charge in [-0.15, -0.1) is 0 Å². The molecule has 0 aromatic heterocycles. The van der Waals surface area contributed by atoms with E-state index in [0.717, 1.165) is 30.4 Å². The van der Waals surface area contributed by atoms with Gasteiger partial charge in [0.15, 0.2) is 0 Å². The van der Waals surface area contributed by atoms with E-state index in [-0.39, 0.29) is 61.3 Å². The van der Waals surface area contributed by atoms with Crippen molar-refractivity contribution in [3.63, 3.8) is 0 Å². The fourth-order valence-electron chi connectivity index (χ4n) is 8.80. The highest BCUT2D eigenvalue weighted by Gasteiger charge is 2.69. The molecule has 3 saturated carbocycles. The average Bonchev–Trinajstić information content (AvgIpc) is 3.84. The zero-order chi connectivity index (χ0) is 32.8. The van der Waals surface area contributed by atoms with E-state index in [1.54, 1.807) is 4.90 Å². The molecule has 3 aliphatic carbocycles. The van der Waals surface area contributed by atoms with Crippen molar-refractivity contribution in [3.05, 3.63) is 71.8 Å². The van der Waals surface area contributed by atoms with Crippen molar-refractivity contribution in [2.45, 2.75) is 89.8 Å². The Hall–Kier alpha value is -3.57. The van der Waals surface area contributed by atoms with Gasteiger partial charge in [-0.05, 0) is 67.4 Å². The lowest BCUT2D eigenvalue weighted by Gasteiger charge is -2.64. The predicted octanol–water partition coefficient (Wildman–Crippen LogP) is 5.29. The van der Waals surface area contributed by atoms with E-state index in [4.69, 9.17) is 18.8 Å². The molecule has 8 rings (SSSR count). The Bertz CT molecular complexity index is 1460. The molecular weight excluding hydrogens is 597 g/mol. The number of carbonyl (C=O) groups excluding carboxylic acids is 3. The number of amides is 3. The molecule has 6 fully saturated rings. The maximum Gasteiger partial charge on any atom is 0.481 e. The van der Waals surface area contributed by atoms with Crippen molar-refractivity contribution in [1.82, 2.24) is 14.7 Å². The van der Waals surface area contributed by atoms with Crippen LogP contribution in [0.25, 0.3) is 0 Å². The van der Waals surface area contributed by atoms with Crippen LogP contribution in [-0.2, 0) is 36.8 Å². The minimum absolute atomic E-state index is 0.0393. The van der Waals surface area contributed by atoms with E-state index in [0.29, 0.717) is 31.3 Å². The fraction of sp³-hybridized carbons (Fsp3) is 0.583. The van der Waals surface area contributed by atoms with Crippen molar-refractivity contribution in [2.75, 3.05) is 26.2 Å². The Balaban J connectivity index is 1.02. The van der Waals surface area contributed by atoms with E-state index in [2.05, 4.69) is 20.8 Å². The monoisotopic (exact) mass is 643 g/mol. The average molecular weight is 644 g/mol. The van der Waals surface area contributed by atoms with E-state index in [9.17, 15) is 14.4 Å². The second kappa shape index (κ2) is 12.8. The van der Waals surface area contributed by atoms with Gasteiger partial charge < -0.3 is 28.6 Å². The van der Waals surface area contributed by atoms with Gasteiger partial charge in [0.05, 0.1) is 23.7 Å². The first-order valence-corrected chi connectivity index (χ1v) is 17.2. The first kappa shape index (κ1) is 32.0. The van der Waals surface area contributed by atoms with E-state index < -0.39 is 19.3 Å². The second-order valence-electron chi connectivity index (χ2n) is 14.7. The van der Waals surface area contributed by atoms with E-state index in [1.165, 1.54) is 11.3 Å². The van der Waals surface area contributed by atoms with Crippen molar-refractivity contribution < 1.29 is 33.2 Å². The normalized spacial score (nSPS) is 30.4. The standard InChI is InChI=1S/C36H46BN3O7/c1-35(2)27-19-29(35)36(3)30(20-27)46-37(47-36)31-15-10-17-39(31)32(41)22-40(34(43)45-24-26-13-8-5-9-14-26)28-16-18-38(21-28)33(42)44-23-25-11-6-4-7-12-25/h4-9,11-14,27-31H,10,15-24H2,1-3H3/t27-,28-,29-,30?,31+,36+/m1/s1. The van der Waals surface area contributed by atoms with Crippen LogP contribution in [0.5, 0.6) is 0 Å². The third-order valence-electron chi connectivity index (χ3n) is 11.7. The smallest absolute Gasteiger partial charge is 0.445 e. The molecule has 6 aliphatic rings. The van der Waals surface area contributed by atoms with Crippen molar-refractivity contribution in [2.24, 2.45) is 17.3 Å². The molecule has 250 valence electrons. The van der Waals surface area contributed by atoms with Crippen LogP contribution in [0.3, 0.4) is 0 Å². The summed E-state index contributed by atoms with van der Waals surface area (Å²) in [6.45, 7) is 8.26. The van der Waals surface area contributed by atoms with E-state index in [1.807, 2.05) is 65.6 Å². The highest BCUT2D eigenvalue weighted by atomic mass is 16.7. The van der Waals surface area contributed by atoms with Crippen LogP contribution in [0.4, 0.5) is 9.59 Å². The van der Waals surface area contributed by atoms with Crippen LogP contribution in [-0.4, -0.2) is 89.8 Å². The second-order valence-corrected chi connectivity index (χ2v) is 14.7. The van der Waals surface area contributed by atoms with Crippen molar-refractivity contribution >= 4 is 25.2 Å². The van der Waals surface area contributed by atoms with Crippen LogP contribution < -0.4 is 0 Å². The summed E-state index contributed by atoms with van der Waals surface area (Å²) < 4.78 is 24.6. The van der Waals surface area contributed by atoms with Gasteiger partial charge in [0.2, 0.25) is 5.91 Å². The van der Waals surface area contributed by atoms with Gasteiger partial charge >= 0.3 is 19.3 Å². The quantitative estimate of drug-likeness (QED) is 0.361. The largest absolute Gasteiger partial charge is 0.481 e. The minimum atomic E-state index is -0.573. The summed E-state index contributed by atoms with van der Waals surface area (Å²) in [5, 5.41) is 0. The highest BCUT2D eigenvalue weighted by Crippen LogP contribution is 2.66. The zero-order valence-electron chi connectivity index (χ0n) is 27.7. The molecule has 11 heteroatoms. The topological polar surface area (TPSA) is 97.9 Å². The molecule has 3 amide bonds. The Kier molecular flexibility index (Phi) is 8.72. The van der Waals surface area contributed by atoms with Crippen LogP contribution in [0.15, 0.2) is 60.7 Å². The molecule has 2 bridgehead atoms. The predicted molar refractivity (Wildman–Crippen MR) is 175 cm³/mol. The Morgan fingerprint density at radius 3 is 2.28 bits per heavy atom. The summed E-state index contributed by atoms with van der Waals surface area (Å²) in [5.74, 6) is 0.715. The van der Waals surface area contributed by atoms with Crippen LogP contribution >= 0.6 is 0 Å². The third-order valence-corrected chi connectivity index (χ3v) is 11.7. The molecule has 0 spiro atoms. The van der Waals surface area contributed by atoms with E-state index >= 15 is 0 Å². The summed E-state index contributed by atoms with van der Waals surface area (Å²) in [7, 11) is -0.480. The molecule has 0 radical (unpaired) electrons. The number of rotatable bonds is 8. The summed E-state index contributed by atoms with van der Waals surface area (Å²) in [4.78, 5) is 45.6. The van der Waals surface area contributed by atoms with Gasteiger partial charge in [-0.3, -0.25) is 9.69 Å². The molecule has 2 aromatic rings. The first-order chi connectivity index (χ1) is 22.6. The number of benzene rings is 2. The molecule has 0 N–H and O–H groups in total. The molecule has 3 heterocycles. The fourth-order valence-corrected chi connectivity index (χ4v) is 8.80. The summed E-state index contributed by atoms with van der Waals surface area (Å²) >= 11 is 0. The Morgan fingerprint density at radius 2 is 1.60 bits per heavy atom. The maximum atomic E-state index is 14.1. The number of likely N-dealkylation sites (tertiary alicyclic amines) is 2. The molecule has 3 saturated heterocycles. The number of ether oxygens (including phenoxy) is 2. The van der Waals surface area contributed by atoms with Gasteiger partial charge in [-0.1, -0.05) is 74.5 Å². The van der Waals surface area contributed by atoms with Crippen LogP contribution in [0, 0.1) is 17.3 Å². The van der Waals surface area contributed by atoms with Crippen molar-refractivity contribution in [1.29, 1.82) is 0 Å². The molecule has 3 aliphatic heterocycles. The van der Waals surface area contributed by atoms with Gasteiger partial charge in [-0.25, -0.2) is 9.59 Å². The number of nitrogens with zero attached hydrogens (tertiary/aromatic N) is 3. The van der Waals surface area contributed by atoms with Crippen LogP contribution in [0.1, 0.15) is 64.0 Å². The molecule has 47 heavy (non-hydrogen) atoms. The van der Waals surface area contributed by atoms with Gasteiger partial charge in [-0.2, -0.15) is 0 Å². The number of carbonyl (C=O) groups is 3. The lowest BCUT2D eigenvalue weighted by molar-refractivity contribution is -0.199. The first-order valence-electron chi connectivity index (χ1n) is 17.2. The Morgan fingerprint density at radius 1 is 0.915 bits per heavy atom. The van der Waals surface area contributed by atoms with Gasteiger partial charge in [0, 0.05) is 19.6 Å². The van der Waals surface area contributed by atoms with Crippen LogP contribution in [0.2, 0.25) is 0 Å². The Labute approximate surface area is 277 Å². The molecule has 2 aromatic carbocycles. The van der Waals surface area contributed by atoms with Gasteiger partial charge in [0.25, 0.3) is 0 Å². The third kappa shape index (κ3) is 6.12. The summed E-state index contributed by atoms with van der Waals surface area (Å²) in [6.07, 6.45) is 3.35. The number of hydrogen-bond acceptors (Lipinski definition) is 7. The summed E-state index contributed by atoms with van der Waals surface area (Å²) in [6, 6.07) is 18.6. The van der Waals surface area contributed by atoms with Gasteiger partial charge in [0.1, 0.15) is 19.8 Å². The minimum Gasteiger partial charge on any atom is -0.445 e. The molecule has 1 unspecified atom stereocenters.